The Balaban J connectivity index is 1.50. The van der Waals surface area contributed by atoms with Crippen LogP contribution < -0.4 is 4.74 Å². The Kier molecular flexibility index (Phi) is 4.64. The number of benzene rings is 2. The van der Waals surface area contributed by atoms with Crippen molar-refractivity contribution in [3.05, 3.63) is 72.0 Å². The highest BCUT2D eigenvalue weighted by atomic mass is 32.1. The van der Waals surface area contributed by atoms with Crippen LogP contribution in [0.15, 0.2) is 65.1 Å². The Morgan fingerprint density at radius 2 is 1.89 bits per heavy atom. The first-order chi connectivity index (χ1) is 13.1. The Hall–Kier alpha value is -3.12. The van der Waals surface area contributed by atoms with Gasteiger partial charge < -0.3 is 14.1 Å². The number of methoxy groups -OCH3 is 1. The molecule has 6 heteroatoms. The van der Waals surface area contributed by atoms with Gasteiger partial charge in [0.15, 0.2) is 16.5 Å². The van der Waals surface area contributed by atoms with Gasteiger partial charge in [-0.3, -0.25) is 4.79 Å². The number of aromatic nitrogens is 1. The summed E-state index contributed by atoms with van der Waals surface area (Å²) in [7, 11) is 3.39. The number of carbonyl (C=O) groups excluding carboxylic acids is 1. The van der Waals surface area contributed by atoms with Crippen molar-refractivity contribution in [1.82, 2.24) is 9.88 Å². The molecule has 0 unspecified atom stereocenters. The highest BCUT2D eigenvalue weighted by molar-refractivity contribution is 7.21. The van der Waals surface area contributed by atoms with Gasteiger partial charge in [0.2, 0.25) is 0 Å². The lowest BCUT2D eigenvalue weighted by Gasteiger charge is -2.16. The summed E-state index contributed by atoms with van der Waals surface area (Å²) < 4.78 is 12.0. The van der Waals surface area contributed by atoms with E-state index < -0.39 is 0 Å². The van der Waals surface area contributed by atoms with Gasteiger partial charge in [-0.2, -0.15) is 0 Å². The molecule has 0 saturated carbocycles. The molecule has 0 spiro atoms. The summed E-state index contributed by atoms with van der Waals surface area (Å²) in [6.45, 7) is 0.486. The fraction of sp³-hybridized carbons (Fsp3) is 0.143. The monoisotopic (exact) mass is 378 g/mol. The minimum Gasteiger partial charge on any atom is -0.497 e. The van der Waals surface area contributed by atoms with Crippen LogP contribution in [0.3, 0.4) is 0 Å². The van der Waals surface area contributed by atoms with Crippen LogP contribution in [0.1, 0.15) is 16.1 Å². The molecule has 0 bridgehead atoms. The minimum atomic E-state index is -0.168. The molecule has 0 N–H and O–H groups in total. The standard InChI is InChI=1S/C21H18N2O3S/c1-23(13-14-7-9-15(25-2)10-8-14)21(24)18-12-11-17(26-18)20-22-16-5-3-4-6-19(16)27-20/h3-12H,13H2,1-2H3. The second-order valence-corrected chi connectivity index (χ2v) is 7.19. The van der Waals surface area contributed by atoms with Gasteiger partial charge in [-0.25, -0.2) is 4.98 Å². The molecular formula is C21H18N2O3S. The molecule has 0 saturated heterocycles. The summed E-state index contributed by atoms with van der Waals surface area (Å²) in [5.41, 5.74) is 1.95. The number of rotatable bonds is 5. The molecule has 0 aliphatic heterocycles. The third-order valence-electron chi connectivity index (χ3n) is 4.25. The number of nitrogens with zero attached hydrogens (tertiary/aromatic N) is 2. The highest BCUT2D eigenvalue weighted by Gasteiger charge is 2.18. The molecular weight excluding hydrogens is 360 g/mol. The van der Waals surface area contributed by atoms with Crippen LogP contribution in [0.4, 0.5) is 0 Å². The lowest BCUT2D eigenvalue weighted by Crippen LogP contribution is -2.25. The average molecular weight is 378 g/mol. The molecule has 0 fully saturated rings. The van der Waals surface area contributed by atoms with E-state index in [0.717, 1.165) is 26.5 Å². The van der Waals surface area contributed by atoms with Crippen molar-refractivity contribution >= 4 is 27.5 Å². The number of ether oxygens (including phenoxy) is 1. The molecule has 0 aliphatic rings. The zero-order chi connectivity index (χ0) is 18.8. The molecule has 0 atom stereocenters. The molecule has 2 heterocycles. The van der Waals surface area contributed by atoms with Crippen LogP contribution in [0.5, 0.6) is 5.75 Å². The molecule has 5 nitrogen and oxygen atoms in total. The molecule has 1 amide bonds. The molecule has 2 aromatic heterocycles. The lowest BCUT2D eigenvalue weighted by molar-refractivity contribution is 0.0754. The Morgan fingerprint density at radius 3 is 2.63 bits per heavy atom. The number of furan rings is 1. The molecule has 4 rings (SSSR count). The van der Waals surface area contributed by atoms with Crippen molar-refractivity contribution < 1.29 is 13.9 Å². The van der Waals surface area contributed by atoms with Crippen LogP contribution in [0, 0.1) is 0 Å². The van der Waals surface area contributed by atoms with E-state index in [2.05, 4.69) is 4.98 Å². The number of hydrogen-bond acceptors (Lipinski definition) is 5. The van der Waals surface area contributed by atoms with E-state index >= 15 is 0 Å². The van der Waals surface area contributed by atoms with Crippen molar-refractivity contribution in [3.8, 4) is 16.5 Å². The number of para-hydroxylation sites is 1. The Morgan fingerprint density at radius 1 is 1.11 bits per heavy atom. The van der Waals surface area contributed by atoms with Gasteiger partial charge in [-0.1, -0.05) is 24.3 Å². The normalized spacial score (nSPS) is 10.9. The van der Waals surface area contributed by atoms with Crippen molar-refractivity contribution in [1.29, 1.82) is 0 Å². The van der Waals surface area contributed by atoms with E-state index in [1.54, 1.807) is 42.5 Å². The van der Waals surface area contributed by atoms with Crippen molar-refractivity contribution in [2.45, 2.75) is 6.54 Å². The second-order valence-electron chi connectivity index (χ2n) is 6.16. The summed E-state index contributed by atoms with van der Waals surface area (Å²) >= 11 is 1.55. The first-order valence-electron chi connectivity index (χ1n) is 8.48. The first-order valence-corrected chi connectivity index (χ1v) is 9.30. The lowest BCUT2D eigenvalue weighted by atomic mass is 10.2. The van der Waals surface area contributed by atoms with E-state index in [-0.39, 0.29) is 5.91 Å². The summed E-state index contributed by atoms with van der Waals surface area (Å²) in [6.07, 6.45) is 0. The van der Waals surface area contributed by atoms with Gasteiger partial charge in [0, 0.05) is 13.6 Å². The van der Waals surface area contributed by atoms with Crippen LogP contribution in [0.25, 0.3) is 21.0 Å². The molecule has 27 heavy (non-hydrogen) atoms. The Labute approximate surface area is 160 Å². The minimum absolute atomic E-state index is 0.168. The summed E-state index contributed by atoms with van der Waals surface area (Å²) in [5.74, 6) is 1.54. The number of fused-ring (bicyclic) bond motifs is 1. The van der Waals surface area contributed by atoms with Gasteiger partial charge >= 0.3 is 0 Å². The van der Waals surface area contributed by atoms with Crippen molar-refractivity contribution in [2.75, 3.05) is 14.2 Å². The quantitative estimate of drug-likeness (QED) is 0.499. The maximum absolute atomic E-state index is 12.7. The van der Waals surface area contributed by atoms with Crippen LogP contribution in [-0.4, -0.2) is 29.9 Å². The van der Waals surface area contributed by atoms with Gasteiger partial charge in [0.05, 0.1) is 17.3 Å². The smallest absolute Gasteiger partial charge is 0.289 e. The summed E-state index contributed by atoms with van der Waals surface area (Å²) in [4.78, 5) is 18.9. The van der Waals surface area contributed by atoms with Gasteiger partial charge in [-0.15, -0.1) is 11.3 Å². The number of hydrogen-bond donors (Lipinski definition) is 0. The largest absolute Gasteiger partial charge is 0.497 e. The Bertz CT molecular complexity index is 1050. The van der Waals surface area contributed by atoms with Gasteiger partial charge in [0.1, 0.15) is 5.75 Å². The topological polar surface area (TPSA) is 55.6 Å². The molecule has 4 aromatic rings. The van der Waals surface area contributed by atoms with Crippen molar-refractivity contribution in [2.24, 2.45) is 0 Å². The number of amides is 1. The predicted octanol–water partition coefficient (Wildman–Crippen LogP) is 4.84. The van der Waals surface area contributed by atoms with Crippen LogP contribution in [-0.2, 0) is 6.54 Å². The van der Waals surface area contributed by atoms with E-state index in [1.807, 2.05) is 48.5 Å². The third-order valence-corrected chi connectivity index (χ3v) is 5.30. The predicted molar refractivity (Wildman–Crippen MR) is 106 cm³/mol. The maximum Gasteiger partial charge on any atom is 0.289 e. The van der Waals surface area contributed by atoms with E-state index in [9.17, 15) is 4.79 Å². The van der Waals surface area contributed by atoms with Gasteiger partial charge in [-0.05, 0) is 42.0 Å². The zero-order valence-corrected chi connectivity index (χ0v) is 15.8. The van der Waals surface area contributed by atoms with E-state index in [0.29, 0.717) is 18.1 Å². The summed E-state index contributed by atoms with van der Waals surface area (Å²) in [6, 6.07) is 19.1. The molecule has 0 aliphatic carbocycles. The zero-order valence-electron chi connectivity index (χ0n) is 15.0. The maximum atomic E-state index is 12.7. The average Bonchev–Trinajstić information content (AvgIpc) is 3.34. The number of carbonyl (C=O) groups is 1. The highest BCUT2D eigenvalue weighted by Crippen LogP contribution is 2.31. The van der Waals surface area contributed by atoms with E-state index in [1.165, 1.54) is 0 Å². The SMILES string of the molecule is COc1ccc(CN(C)C(=O)c2ccc(-c3nc4ccccc4s3)o2)cc1. The van der Waals surface area contributed by atoms with Crippen LogP contribution >= 0.6 is 11.3 Å². The second kappa shape index (κ2) is 7.25. The molecule has 2 aromatic carbocycles. The number of thiazole rings is 1. The molecule has 136 valence electrons. The van der Waals surface area contributed by atoms with Crippen molar-refractivity contribution in [3.63, 3.8) is 0 Å². The van der Waals surface area contributed by atoms with Crippen LogP contribution in [0.2, 0.25) is 0 Å². The van der Waals surface area contributed by atoms with E-state index in [4.69, 9.17) is 9.15 Å². The summed E-state index contributed by atoms with van der Waals surface area (Å²) in [5, 5.41) is 0.771. The molecule has 0 radical (unpaired) electrons. The fourth-order valence-electron chi connectivity index (χ4n) is 2.81. The third kappa shape index (κ3) is 3.57. The first kappa shape index (κ1) is 17.3. The fourth-order valence-corrected chi connectivity index (χ4v) is 3.74. The van der Waals surface area contributed by atoms with Gasteiger partial charge in [0.25, 0.3) is 5.91 Å².